The Labute approximate surface area is 205 Å². The van der Waals surface area contributed by atoms with Crippen molar-refractivity contribution in [3.8, 4) is 5.75 Å². The molecule has 0 spiro atoms. The van der Waals surface area contributed by atoms with Crippen molar-refractivity contribution in [1.29, 1.82) is 0 Å². The lowest BCUT2D eigenvalue weighted by Crippen LogP contribution is -2.45. The van der Waals surface area contributed by atoms with Crippen LogP contribution in [-0.2, 0) is 17.7 Å². The van der Waals surface area contributed by atoms with E-state index in [1.54, 1.807) is 0 Å². The molecule has 1 aromatic heterocycles. The molecule has 2 heterocycles. The molecule has 1 fully saturated rings. The minimum atomic E-state index is -0.590. The molecule has 0 radical (unpaired) electrons. The molecule has 1 aliphatic heterocycles. The van der Waals surface area contributed by atoms with Crippen LogP contribution in [0, 0.1) is 6.92 Å². The van der Waals surface area contributed by atoms with Gasteiger partial charge < -0.3 is 31.1 Å². The fourth-order valence-corrected chi connectivity index (χ4v) is 4.58. The minimum Gasteiger partial charge on any atom is -0.507 e. The lowest BCUT2D eigenvalue weighted by Gasteiger charge is -2.36. The number of carbonyl (C=O) groups is 1. The first-order valence-corrected chi connectivity index (χ1v) is 12.0. The lowest BCUT2D eigenvalue weighted by atomic mass is 10.0. The van der Waals surface area contributed by atoms with Gasteiger partial charge in [0, 0.05) is 31.0 Å². The first kappa shape index (κ1) is 24.4. The maximum atomic E-state index is 12.3. The summed E-state index contributed by atoms with van der Waals surface area (Å²) in [5.74, 6) is 0.535. The Morgan fingerprint density at radius 2 is 1.91 bits per heavy atom. The number of aromatic amines is 1. The van der Waals surface area contributed by atoms with Crippen molar-refractivity contribution in [2.75, 3.05) is 28.6 Å². The van der Waals surface area contributed by atoms with Crippen LogP contribution in [-0.4, -0.2) is 46.5 Å². The molecule has 35 heavy (non-hydrogen) atoms. The van der Waals surface area contributed by atoms with Crippen molar-refractivity contribution in [3.05, 3.63) is 58.7 Å². The fourth-order valence-electron chi connectivity index (χ4n) is 4.58. The summed E-state index contributed by atoms with van der Waals surface area (Å²) in [7, 11) is 0. The van der Waals surface area contributed by atoms with E-state index in [9.17, 15) is 9.90 Å². The Morgan fingerprint density at radius 3 is 2.54 bits per heavy atom. The van der Waals surface area contributed by atoms with Gasteiger partial charge in [-0.05, 0) is 68.1 Å². The van der Waals surface area contributed by atoms with Gasteiger partial charge in [-0.3, -0.25) is 9.89 Å². The monoisotopic (exact) mass is 478 g/mol. The van der Waals surface area contributed by atoms with E-state index in [0.717, 1.165) is 47.6 Å². The fraction of sp³-hybridized carbons (Fsp3) is 0.385. The quantitative estimate of drug-likeness (QED) is 0.330. The topological polar surface area (TPSA) is 129 Å². The number of ether oxygens (including phenoxy) is 1. The van der Waals surface area contributed by atoms with Crippen molar-refractivity contribution in [2.24, 2.45) is 5.73 Å². The first-order chi connectivity index (χ1) is 16.7. The van der Waals surface area contributed by atoms with Gasteiger partial charge in [0.05, 0.1) is 12.2 Å². The number of phenols is 1. The average Bonchev–Trinajstić information content (AvgIpc) is 3.22. The van der Waals surface area contributed by atoms with E-state index >= 15 is 0 Å². The average molecular weight is 479 g/mol. The van der Waals surface area contributed by atoms with Gasteiger partial charge in [-0.2, -0.15) is 5.10 Å². The van der Waals surface area contributed by atoms with Crippen LogP contribution < -0.4 is 21.3 Å². The molecule has 0 aliphatic carbocycles. The summed E-state index contributed by atoms with van der Waals surface area (Å²) in [6.45, 7) is 10.2. The number of aryl methyl sites for hydroxylation is 2. The number of carbonyl (C=O) groups excluding carboxylic acids is 1. The SMILES string of the molecule is CCc1cc(CNc2[nH]nc(Nc3ccc(N4C[C@@H](C)O[C@@H](C)C4)cc3)c2C(N)=O)cc(C)c1O. The van der Waals surface area contributed by atoms with E-state index in [2.05, 4.69) is 39.6 Å². The lowest BCUT2D eigenvalue weighted by molar-refractivity contribution is -0.00521. The van der Waals surface area contributed by atoms with Gasteiger partial charge in [-0.15, -0.1) is 0 Å². The van der Waals surface area contributed by atoms with Crippen LogP contribution in [0.25, 0.3) is 0 Å². The summed E-state index contributed by atoms with van der Waals surface area (Å²) in [6.07, 6.45) is 1.10. The predicted octanol–water partition coefficient (Wildman–Crippen LogP) is 4.05. The normalized spacial score (nSPS) is 17.9. The number of aromatic hydroxyl groups is 1. The number of H-pyrrole nitrogens is 1. The van der Waals surface area contributed by atoms with Crippen LogP contribution in [0.5, 0.6) is 5.75 Å². The van der Waals surface area contributed by atoms with Gasteiger partial charge in [0.15, 0.2) is 5.82 Å². The van der Waals surface area contributed by atoms with Crippen LogP contribution in [0.1, 0.15) is 47.8 Å². The summed E-state index contributed by atoms with van der Waals surface area (Å²) in [6, 6.07) is 11.9. The number of nitrogens with one attached hydrogen (secondary N) is 3. The van der Waals surface area contributed by atoms with Crippen molar-refractivity contribution in [1.82, 2.24) is 10.2 Å². The van der Waals surface area contributed by atoms with E-state index in [1.165, 1.54) is 0 Å². The molecule has 0 bridgehead atoms. The summed E-state index contributed by atoms with van der Waals surface area (Å²) >= 11 is 0. The Balaban J connectivity index is 1.47. The molecule has 1 amide bonds. The second-order valence-corrected chi connectivity index (χ2v) is 9.15. The number of benzene rings is 2. The molecule has 2 aromatic carbocycles. The highest BCUT2D eigenvalue weighted by atomic mass is 16.5. The predicted molar refractivity (Wildman–Crippen MR) is 139 cm³/mol. The Kier molecular flexibility index (Phi) is 7.16. The number of hydrogen-bond donors (Lipinski definition) is 5. The molecule has 186 valence electrons. The highest BCUT2D eigenvalue weighted by molar-refractivity contribution is 6.03. The van der Waals surface area contributed by atoms with E-state index in [1.807, 2.05) is 50.2 Å². The van der Waals surface area contributed by atoms with E-state index in [-0.39, 0.29) is 17.8 Å². The molecule has 1 saturated heterocycles. The molecule has 2 atom stereocenters. The van der Waals surface area contributed by atoms with Crippen molar-refractivity contribution in [3.63, 3.8) is 0 Å². The Morgan fingerprint density at radius 1 is 1.23 bits per heavy atom. The molecule has 9 heteroatoms. The number of phenolic OH excluding ortho intramolecular Hbond substituents is 1. The third-order valence-electron chi connectivity index (χ3n) is 6.22. The van der Waals surface area contributed by atoms with E-state index < -0.39 is 5.91 Å². The number of nitrogens with zero attached hydrogens (tertiary/aromatic N) is 2. The molecule has 9 nitrogen and oxygen atoms in total. The number of amides is 1. The van der Waals surface area contributed by atoms with Gasteiger partial charge in [0.1, 0.15) is 17.1 Å². The summed E-state index contributed by atoms with van der Waals surface area (Å²) in [5.41, 5.74) is 10.5. The van der Waals surface area contributed by atoms with Crippen LogP contribution >= 0.6 is 0 Å². The molecule has 3 aromatic rings. The molecule has 4 rings (SSSR count). The Hall–Kier alpha value is -3.72. The maximum Gasteiger partial charge on any atom is 0.256 e. The number of anilines is 4. The van der Waals surface area contributed by atoms with Gasteiger partial charge in [-0.25, -0.2) is 0 Å². The number of aromatic nitrogens is 2. The highest BCUT2D eigenvalue weighted by Gasteiger charge is 2.23. The second kappa shape index (κ2) is 10.3. The smallest absolute Gasteiger partial charge is 0.256 e. The van der Waals surface area contributed by atoms with E-state index in [0.29, 0.717) is 23.9 Å². The molecule has 1 aliphatic rings. The van der Waals surface area contributed by atoms with Gasteiger partial charge >= 0.3 is 0 Å². The highest BCUT2D eigenvalue weighted by Crippen LogP contribution is 2.28. The number of nitrogens with two attached hydrogens (primary N) is 1. The van der Waals surface area contributed by atoms with Crippen molar-refractivity contribution < 1.29 is 14.6 Å². The number of hydrogen-bond acceptors (Lipinski definition) is 7. The zero-order valence-electron chi connectivity index (χ0n) is 20.7. The second-order valence-electron chi connectivity index (χ2n) is 9.15. The number of morpholine rings is 1. The molecule has 6 N–H and O–H groups in total. The molecular formula is C26H34N6O3. The largest absolute Gasteiger partial charge is 0.507 e. The number of rotatable bonds is 8. The van der Waals surface area contributed by atoms with Crippen LogP contribution in [0.2, 0.25) is 0 Å². The first-order valence-electron chi connectivity index (χ1n) is 12.0. The summed E-state index contributed by atoms with van der Waals surface area (Å²) in [5, 5.41) is 23.7. The third kappa shape index (κ3) is 5.51. The third-order valence-corrected chi connectivity index (χ3v) is 6.22. The minimum absolute atomic E-state index is 0.184. The maximum absolute atomic E-state index is 12.3. The van der Waals surface area contributed by atoms with Gasteiger partial charge in [0.2, 0.25) is 0 Å². The van der Waals surface area contributed by atoms with Crippen molar-refractivity contribution in [2.45, 2.75) is 52.9 Å². The summed E-state index contributed by atoms with van der Waals surface area (Å²) < 4.78 is 5.82. The van der Waals surface area contributed by atoms with Crippen molar-refractivity contribution >= 4 is 28.9 Å². The molecule has 0 saturated carbocycles. The van der Waals surface area contributed by atoms with Gasteiger partial charge in [-0.1, -0.05) is 19.1 Å². The van der Waals surface area contributed by atoms with E-state index in [4.69, 9.17) is 10.5 Å². The summed E-state index contributed by atoms with van der Waals surface area (Å²) in [4.78, 5) is 14.6. The zero-order valence-corrected chi connectivity index (χ0v) is 20.7. The van der Waals surface area contributed by atoms with Gasteiger partial charge in [0.25, 0.3) is 5.91 Å². The zero-order chi connectivity index (χ0) is 25.1. The molecule has 0 unspecified atom stereocenters. The number of primary amides is 1. The van der Waals surface area contributed by atoms with Crippen LogP contribution in [0.4, 0.5) is 23.0 Å². The van der Waals surface area contributed by atoms with Crippen LogP contribution in [0.3, 0.4) is 0 Å². The molecular weight excluding hydrogens is 444 g/mol. The Bertz CT molecular complexity index is 1180. The van der Waals surface area contributed by atoms with Crippen LogP contribution in [0.15, 0.2) is 36.4 Å². The standard InChI is InChI=1S/C26H34N6O3/c1-5-19-11-18(10-15(2)23(19)33)12-28-25-22(24(27)34)26(31-30-25)29-20-6-8-21(9-7-20)32-13-16(3)35-17(4)14-32/h6-11,16-17,33H,5,12-14H2,1-4H3,(H2,27,34)(H3,28,29,30,31)/t16-,17+.